The van der Waals surface area contributed by atoms with E-state index in [0.717, 1.165) is 16.7 Å². The summed E-state index contributed by atoms with van der Waals surface area (Å²) in [4.78, 5) is 0. The summed E-state index contributed by atoms with van der Waals surface area (Å²) in [6.45, 7) is 0.956. The summed E-state index contributed by atoms with van der Waals surface area (Å²) in [5.74, 6) is 0. The molecule has 0 fully saturated rings. The van der Waals surface area contributed by atoms with Crippen LogP contribution < -0.4 is 0 Å². The van der Waals surface area contributed by atoms with Gasteiger partial charge >= 0.3 is 0 Å². The third-order valence-electron chi connectivity index (χ3n) is 4.89. The van der Waals surface area contributed by atoms with Crippen molar-refractivity contribution in [3.05, 3.63) is 108 Å². The molecule has 1 unspecified atom stereocenters. The van der Waals surface area contributed by atoms with Gasteiger partial charge in [0, 0.05) is 0 Å². The van der Waals surface area contributed by atoms with E-state index >= 15 is 0 Å². The van der Waals surface area contributed by atoms with Gasteiger partial charge in [0.1, 0.15) is 18.3 Å². The lowest BCUT2D eigenvalue weighted by atomic mass is 10.1. The molecule has 0 aromatic heterocycles. The van der Waals surface area contributed by atoms with E-state index in [1.165, 1.54) is 6.21 Å². The zero-order valence-electron chi connectivity index (χ0n) is 17.9. The molecule has 0 aliphatic heterocycles. The molecule has 168 valence electrons. The number of aliphatic hydroxyl groups is 1. The number of rotatable bonds is 13. The second kappa shape index (κ2) is 13.4. The van der Waals surface area contributed by atoms with Crippen LogP contribution in [0.15, 0.2) is 96.2 Å². The molecule has 3 atom stereocenters. The van der Waals surface area contributed by atoms with Crippen molar-refractivity contribution in [2.24, 2.45) is 5.16 Å². The molecule has 0 aliphatic rings. The molecular formula is C26H29NO5. The summed E-state index contributed by atoms with van der Waals surface area (Å²) in [5.41, 5.74) is 2.92. The molecule has 0 amide bonds. The number of ether oxygens (including phenoxy) is 3. The first-order valence-corrected chi connectivity index (χ1v) is 10.5. The van der Waals surface area contributed by atoms with Gasteiger partial charge in [-0.15, -0.1) is 0 Å². The Labute approximate surface area is 188 Å². The van der Waals surface area contributed by atoms with E-state index in [4.69, 9.17) is 14.2 Å². The minimum Gasteiger partial charge on any atom is -0.411 e. The Morgan fingerprint density at radius 3 is 1.66 bits per heavy atom. The Morgan fingerprint density at radius 2 is 1.16 bits per heavy atom. The van der Waals surface area contributed by atoms with Gasteiger partial charge in [-0.3, -0.25) is 0 Å². The van der Waals surface area contributed by atoms with E-state index in [1.807, 2.05) is 91.0 Å². The molecule has 0 saturated heterocycles. The Hall–Kier alpha value is -3.03. The van der Waals surface area contributed by atoms with Crippen molar-refractivity contribution in [1.82, 2.24) is 0 Å². The van der Waals surface area contributed by atoms with Gasteiger partial charge in [0.2, 0.25) is 0 Å². The highest BCUT2D eigenvalue weighted by Gasteiger charge is 2.30. The molecule has 6 heteroatoms. The second-order valence-corrected chi connectivity index (χ2v) is 7.36. The molecule has 3 aromatic rings. The lowest BCUT2D eigenvalue weighted by Gasteiger charge is -2.29. The third-order valence-corrected chi connectivity index (χ3v) is 4.89. The molecule has 3 rings (SSSR count). The van der Waals surface area contributed by atoms with Crippen LogP contribution in [0.3, 0.4) is 0 Å². The maximum Gasteiger partial charge on any atom is 0.125 e. The van der Waals surface area contributed by atoms with Gasteiger partial charge < -0.3 is 24.5 Å². The van der Waals surface area contributed by atoms with Gasteiger partial charge in [0.15, 0.2) is 0 Å². The van der Waals surface area contributed by atoms with Crippen LogP contribution in [0.2, 0.25) is 0 Å². The minimum absolute atomic E-state index is 0.0405. The van der Waals surface area contributed by atoms with Crippen LogP contribution in [0.25, 0.3) is 0 Å². The van der Waals surface area contributed by atoms with E-state index in [1.54, 1.807) is 0 Å². The van der Waals surface area contributed by atoms with E-state index in [9.17, 15) is 10.3 Å². The fourth-order valence-corrected chi connectivity index (χ4v) is 3.21. The number of nitrogens with zero attached hydrogens (tertiary/aromatic N) is 1. The van der Waals surface area contributed by atoms with Crippen molar-refractivity contribution in [1.29, 1.82) is 0 Å². The fourth-order valence-electron chi connectivity index (χ4n) is 3.21. The van der Waals surface area contributed by atoms with Crippen molar-refractivity contribution < 1.29 is 24.5 Å². The summed E-state index contributed by atoms with van der Waals surface area (Å²) in [6.07, 6.45) is -1.34. The molecular weight excluding hydrogens is 406 g/mol. The summed E-state index contributed by atoms with van der Waals surface area (Å²) in [7, 11) is 0. The molecule has 0 radical (unpaired) electrons. The second-order valence-electron chi connectivity index (χ2n) is 7.36. The summed E-state index contributed by atoms with van der Waals surface area (Å²) in [5, 5.41) is 23.2. The highest BCUT2D eigenvalue weighted by molar-refractivity contribution is 5.63. The zero-order chi connectivity index (χ0) is 22.4. The molecule has 6 nitrogen and oxygen atoms in total. The Kier molecular flexibility index (Phi) is 9.89. The predicted octanol–water partition coefficient (Wildman–Crippen LogP) is 4.19. The van der Waals surface area contributed by atoms with E-state index in [0.29, 0.717) is 6.61 Å². The minimum atomic E-state index is -0.999. The zero-order valence-corrected chi connectivity index (χ0v) is 17.9. The average molecular weight is 436 g/mol. The Bertz CT molecular complexity index is 905. The van der Waals surface area contributed by atoms with Gasteiger partial charge in [-0.05, 0) is 16.7 Å². The van der Waals surface area contributed by atoms with Crippen LogP contribution in [0.1, 0.15) is 16.7 Å². The number of hydrogen-bond acceptors (Lipinski definition) is 6. The number of hydrogen-bond donors (Lipinski definition) is 2. The standard InChI is InChI=1S/C26H29NO5/c28-24(20-30-17-21-10-4-1-5-11-21)26(32-19-23-14-8-3-9-15-23)25(16-27-29)31-18-22-12-6-2-7-13-22/h1-16,24-26,28-29H,17-20H2/b27-16+/t24-,25-,26?/m0/s1. The molecule has 32 heavy (non-hydrogen) atoms. The molecule has 0 saturated carbocycles. The molecule has 0 spiro atoms. The fraction of sp³-hybridized carbons (Fsp3) is 0.269. The van der Waals surface area contributed by atoms with Crippen molar-refractivity contribution >= 4 is 6.21 Å². The van der Waals surface area contributed by atoms with Gasteiger partial charge in [-0.2, -0.15) is 0 Å². The van der Waals surface area contributed by atoms with Crippen LogP contribution in [0.5, 0.6) is 0 Å². The van der Waals surface area contributed by atoms with Crippen LogP contribution >= 0.6 is 0 Å². The van der Waals surface area contributed by atoms with Crippen molar-refractivity contribution in [3.63, 3.8) is 0 Å². The van der Waals surface area contributed by atoms with Crippen molar-refractivity contribution in [2.45, 2.75) is 38.1 Å². The lowest BCUT2D eigenvalue weighted by molar-refractivity contribution is -0.127. The van der Waals surface area contributed by atoms with Crippen LogP contribution in [-0.4, -0.2) is 41.4 Å². The van der Waals surface area contributed by atoms with Crippen LogP contribution in [0, 0.1) is 0 Å². The molecule has 0 bridgehead atoms. The highest BCUT2D eigenvalue weighted by Crippen LogP contribution is 2.15. The quantitative estimate of drug-likeness (QED) is 0.239. The van der Waals surface area contributed by atoms with Gasteiger partial charge in [-0.25, -0.2) is 0 Å². The predicted molar refractivity (Wildman–Crippen MR) is 122 cm³/mol. The maximum absolute atomic E-state index is 10.9. The Morgan fingerprint density at radius 1 is 0.688 bits per heavy atom. The molecule has 0 aliphatic carbocycles. The first kappa shape index (κ1) is 23.6. The monoisotopic (exact) mass is 435 g/mol. The lowest BCUT2D eigenvalue weighted by Crippen LogP contribution is -2.44. The first-order chi connectivity index (χ1) is 15.8. The summed E-state index contributed by atoms with van der Waals surface area (Å²) < 4.78 is 17.7. The first-order valence-electron chi connectivity index (χ1n) is 10.5. The van der Waals surface area contributed by atoms with E-state index in [-0.39, 0.29) is 19.8 Å². The number of benzene rings is 3. The number of oxime groups is 1. The smallest absolute Gasteiger partial charge is 0.125 e. The molecule has 0 heterocycles. The van der Waals surface area contributed by atoms with E-state index in [2.05, 4.69) is 5.16 Å². The van der Waals surface area contributed by atoms with Crippen LogP contribution in [0.4, 0.5) is 0 Å². The largest absolute Gasteiger partial charge is 0.411 e. The molecule has 2 N–H and O–H groups in total. The van der Waals surface area contributed by atoms with E-state index < -0.39 is 18.3 Å². The summed E-state index contributed by atoms with van der Waals surface area (Å²) in [6, 6.07) is 29.0. The Balaban J connectivity index is 1.66. The topological polar surface area (TPSA) is 80.5 Å². The van der Waals surface area contributed by atoms with Gasteiger partial charge in [-0.1, -0.05) is 96.2 Å². The normalized spacial score (nSPS) is 14.3. The average Bonchev–Trinajstić information content (AvgIpc) is 2.84. The van der Waals surface area contributed by atoms with Gasteiger partial charge in [0.05, 0.1) is 32.6 Å². The highest BCUT2D eigenvalue weighted by atomic mass is 16.6. The van der Waals surface area contributed by atoms with Crippen molar-refractivity contribution in [2.75, 3.05) is 6.61 Å². The van der Waals surface area contributed by atoms with Gasteiger partial charge in [0.25, 0.3) is 0 Å². The molecule has 3 aromatic carbocycles. The third kappa shape index (κ3) is 7.90. The SMILES string of the molecule is O/N=C/[C@H](OCc1ccccc1)C(OCc1ccccc1)[C@@H](O)COCc1ccccc1. The summed E-state index contributed by atoms with van der Waals surface area (Å²) >= 11 is 0. The maximum atomic E-state index is 10.9. The van der Waals surface area contributed by atoms with Crippen molar-refractivity contribution in [3.8, 4) is 0 Å². The number of aliphatic hydroxyl groups excluding tert-OH is 1. The van der Waals surface area contributed by atoms with Crippen LogP contribution in [-0.2, 0) is 34.0 Å².